The lowest BCUT2D eigenvalue weighted by Crippen LogP contribution is -2.46. The molecule has 1 amide bonds. The van der Waals surface area contributed by atoms with Crippen LogP contribution in [0.2, 0.25) is 10.0 Å². The zero-order chi connectivity index (χ0) is 21.1. The largest absolute Gasteiger partial charge is 0.368 e. The van der Waals surface area contributed by atoms with Gasteiger partial charge in [-0.3, -0.25) is 9.69 Å². The number of piperazine rings is 1. The Hall–Kier alpha value is -1.82. The van der Waals surface area contributed by atoms with Crippen LogP contribution in [0, 0.1) is 5.82 Å². The van der Waals surface area contributed by atoms with E-state index in [0.29, 0.717) is 23.0 Å². The highest BCUT2D eigenvalue weighted by atomic mass is 35.5. The van der Waals surface area contributed by atoms with Gasteiger partial charge in [0, 0.05) is 44.8 Å². The van der Waals surface area contributed by atoms with Crippen molar-refractivity contribution in [2.24, 2.45) is 0 Å². The number of halogens is 3. The normalized spacial score (nSPS) is 16.8. The molecular weight excluding hydrogens is 424 g/mol. The van der Waals surface area contributed by atoms with E-state index in [4.69, 9.17) is 23.2 Å². The summed E-state index contributed by atoms with van der Waals surface area (Å²) in [5, 5.41) is 1.21. The number of fused-ring (bicyclic) bond motifs is 1. The second-order valence-corrected chi connectivity index (χ2v) is 8.71. The molecule has 2 aromatic rings. The summed E-state index contributed by atoms with van der Waals surface area (Å²) < 4.78 is 13.3. The highest BCUT2D eigenvalue weighted by molar-refractivity contribution is 6.43. The Balaban J connectivity index is 1.18. The molecule has 1 saturated heterocycles. The van der Waals surface area contributed by atoms with E-state index in [0.717, 1.165) is 68.9 Å². The fourth-order valence-electron chi connectivity index (χ4n) is 4.33. The summed E-state index contributed by atoms with van der Waals surface area (Å²) in [6.45, 7) is 5.43. The predicted molar refractivity (Wildman–Crippen MR) is 121 cm³/mol. The van der Waals surface area contributed by atoms with Crippen LogP contribution >= 0.6 is 23.2 Å². The monoisotopic (exact) mass is 449 g/mol. The second kappa shape index (κ2) is 9.54. The lowest BCUT2D eigenvalue weighted by Gasteiger charge is -2.36. The molecule has 0 saturated carbocycles. The van der Waals surface area contributed by atoms with Crippen LogP contribution in [0.3, 0.4) is 0 Å². The van der Waals surface area contributed by atoms with Crippen LogP contribution in [0.1, 0.15) is 24.8 Å². The van der Waals surface area contributed by atoms with Gasteiger partial charge in [-0.2, -0.15) is 0 Å². The van der Waals surface area contributed by atoms with Crippen molar-refractivity contribution < 1.29 is 9.18 Å². The number of rotatable bonds is 6. The topological polar surface area (TPSA) is 26.8 Å². The van der Waals surface area contributed by atoms with Crippen LogP contribution in [-0.4, -0.2) is 50.1 Å². The van der Waals surface area contributed by atoms with Crippen molar-refractivity contribution in [2.45, 2.75) is 25.7 Å². The molecule has 0 unspecified atom stereocenters. The highest BCUT2D eigenvalue weighted by Gasteiger charge is 2.24. The third kappa shape index (κ3) is 4.74. The number of nitrogens with zero attached hydrogens (tertiary/aromatic N) is 3. The Bertz CT molecular complexity index is 915. The predicted octanol–water partition coefficient (Wildman–Crippen LogP) is 5.01. The molecule has 0 spiro atoms. The molecule has 4 rings (SSSR count). The van der Waals surface area contributed by atoms with E-state index in [1.54, 1.807) is 12.1 Å². The quantitative estimate of drug-likeness (QED) is 0.579. The van der Waals surface area contributed by atoms with Crippen molar-refractivity contribution >= 4 is 40.5 Å². The van der Waals surface area contributed by atoms with Gasteiger partial charge in [-0.05, 0) is 61.7 Å². The average molecular weight is 450 g/mol. The van der Waals surface area contributed by atoms with Crippen LogP contribution < -0.4 is 9.80 Å². The molecule has 0 N–H and O–H groups in total. The zero-order valence-electron chi connectivity index (χ0n) is 16.9. The number of anilines is 2. The number of amides is 1. The maximum absolute atomic E-state index is 13.3. The van der Waals surface area contributed by atoms with Crippen molar-refractivity contribution in [3.05, 3.63) is 57.8 Å². The fourth-order valence-corrected chi connectivity index (χ4v) is 4.74. The molecule has 0 bridgehead atoms. The van der Waals surface area contributed by atoms with Crippen LogP contribution in [0.5, 0.6) is 0 Å². The molecule has 2 aliphatic rings. The Morgan fingerprint density at radius 1 is 0.967 bits per heavy atom. The highest BCUT2D eigenvalue weighted by Crippen LogP contribution is 2.33. The maximum atomic E-state index is 13.3. The molecule has 0 atom stereocenters. The van der Waals surface area contributed by atoms with Gasteiger partial charge in [0.05, 0.1) is 15.7 Å². The molecule has 1 fully saturated rings. The van der Waals surface area contributed by atoms with E-state index in [1.165, 1.54) is 6.07 Å². The van der Waals surface area contributed by atoms with Crippen molar-refractivity contribution in [1.82, 2.24) is 4.90 Å². The Labute approximate surface area is 187 Å². The first-order valence-corrected chi connectivity index (χ1v) is 11.3. The van der Waals surface area contributed by atoms with Crippen LogP contribution in [0.25, 0.3) is 0 Å². The first-order valence-electron chi connectivity index (χ1n) is 10.5. The van der Waals surface area contributed by atoms with Gasteiger partial charge in [0.1, 0.15) is 5.82 Å². The van der Waals surface area contributed by atoms with Crippen molar-refractivity contribution in [2.75, 3.05) is 49.1 Å². The summed E-state index contributed by atoms with van der Waals surface area (Å²) in [5.74, 6) is -0.0958. The number of unbranched alkanes of at least 4 members (excludes halogenated alkanes) is 1. The van der Waals surface area contributed by atoms with E-state index < -0.39 is 0 Å². The van der Waals surface area contributed by atoms with Gasteiger partial charge in [-0.15, -0.1) is 0 Å². The molecule has 160 valence electrons. The molecule has 2 heterocycles. The smallest absolute Gasteiger partial charge is 0.226 e. The molecule has 30 heavy (non-hydrogen) atoms. The lowest BCUT2D eigenvalue weighted by molar-refractivity contribution is -0.118. The minimum Gasteiger partial charge on any atom is -0.368 e. The SMILES string of the molecule is O=C(CCCCN1CCN(c2cccc(Cl)c2Cl)CC1)N1CCc2cc(F)ccc21. The lowest BCUT2D eigenvalue weighted by atomic mass is 10.1. The standard InChI is InChI=1S/C23H26Cl2FN3O/c24-19-4-3-5-21(23(19)25)28-14-12-27(13-15-28)10-2-1-6-22(30)29-11-9-17-16-18(26)7-8-20(17)29/h3-5,7-8,16H,1-2,6,9-15H2. The number of hydrogen-bond donors (Lipinski definition) is 0. The third-order valence-corrected chi connectivity index (χ3v) is 6.81. The van der Waals surface area contributed by atoms with Gasteiger partial charge in [0.25, 0.3) is 0 Å². The molecule has 2 aromatic carbocycles. The summed E-state index contributed by atoms with van der Waals surface area (Å²) in [6, 6.07) is 10.5. The van der Waals surface area contributed by atoms with E-state index >= 15 is 0 Å². The molecule has 0 radical (unpaired) electrons. The zero-order valence-corrected chi connectivity index (χ0v) is 18.4. The maximum Gasteiger partial charge on any atom is 0.226 e. The van der Waals surface area contributed by atoms with Crippen LogP contribution in [0.15, 0.2) is 36.4 Å². The van der Waals surface area contributed by atoms with Crippen molar-refractivity contribution in [3.8, 4) is 0 Å². The molecule has 0 aromatic heterocycles. The van der Waals surface area contributed by atoms with Crippen molar-refractivity contribution in [1.29, 1.82) is 0 Å². The van der Waals surface area contributed by atoms with E-state index in [2.05, 4.69) is 9.80 Å². The van der Waals surface area contributed by atoms with Gasteiger partial charge in [0.2, 0.25) is 5.91 Å². The van der Waals surface area contributed by atoms with Gasteiger partial charge in [0.15, 0.2) is 0 Å². The van der Waals surface area contributed by atoms with Crippen molar-refractivity contribution in [3.63, 3.8) is 0 Å². The van der Waals surface area contributed by atoms with E-state index in [-0.39, 0.29) is 11.7 Å². The first-order chi connectivity index (χ1) is 14.5. The Kier molecular flexibility index (Phi) is 6.81. The number of carbonyl (C=O) groups excluding carboxylic acids is 1. The summed E-state index contributed by atoms with van der Waals surface area (Å²) >= 11 is 12.5. The van der Waals surface area contributed by atoms with Gasteiger partial charge in [-0.25, -0.2) is 4.39 Å². The van der Waals surface area contributed by atoms with E-state index in [1.807, 2.05) is 23.1 Å². The van der Waals surface area contributed by atoms with Crippen LogP contribution in [-0.2, 0) is 11.2 Å². The number of carbonyl (C=O) groups is 1. The first kappa shape index (κ1) is 21.4. The summed E-state index contributed by atoms with van der Waals surface area (Å²) in [4.78, 5) is 19.1. The third-order valence-electron chi connectivity index (χ3n) is 6.00. The number of hydrogen-bond acceptors (Lipinski definition) is 3. The molecular formula is C23H26Cl2FN3O. The average Bonchev–Trinajstić information content (AvgIpc) is 3.17. The second-order valence-electron chi connectivity index (χ2n) is 7.93. The molecule has 2 aliphatic heterocycles. The van der Waals surface area contributed by atoms with Gasteiger partial charge < -0.3 is 9.80 Å². The summed E-state index contributed by atoms with van der Waals surface area (Å²) in [6.07, 6.45) is 3.13. The molecule has 0 aliphatic carbocycles. The Morgan fingerprint density at radius 2 is 1.77 bits per heavy atom. The summed E-state index contributed by atoms with van der Waals surface area (Å²) in [5.41, 5.74) is 2.80. The Morgan fingerprint density at radius 3 is 2.57 bits per heavy atom. The fraction of sp³-hybridized carbons (Fsp3) is 0.435. The molecule has 7 heteroatoms. The van der Waals surface area contributed by atoms with Gasteiger partial charge in [-0.1, -0.05) is 29.3 Å². The minimum atomic E-state index is -0.235. The van der Waals surface area contributed by atoms with Gasteiger partial charge >= 0.3 is 0 Å². The summed E-state index contributed by atoms with van der Waals surface area (Å²) in [7, 11) is 0. The molecule has 4 nitrogen and oxygen atoms in total. The number of benzene rings is 2. The van der Waals surface area contributed by atoms with Crippen LogP contribution in [0.4, 0.5) is 15.8 Å². The minimum absolute atomic E-state index is 0.140. The van der Waals surface area contributed by atoms with E-state index in [9.17, 15) is 9.18 Å².